The van der Waals surface area contributed by atoms with Gasteiger partial charge in [0.15, 0.2) is 0 Å². The van der Waals surface area contributed by atoms with Crippen LogP contribution in [0.4, 0.5) is 4.79 Å². The number of amides is 2. The minimum absolute atomic E-state index is 0.114. The second kappa shape index (κ2) is 8.67. The monoisotopic (exact) mass is 367 g/mol. The molecular weight excluding hydrogens is 338 g/mol. The lowest BCUT2D eigenvalue weighted by molar-refractivity contribution is 0.172. The zero-order valence-corrected chi connectivity index (χ0v) is 16.2. The first-order valence-electron chi connectivity index (χ1n) is 8.96. The number of nitrogens with one attached hydrogen (secondary N) is 1. The van der Waals surface area contributed by atoms with E-state index in [4.69, 9.17) is 0 Å². The minimum atomic E-state index is -3.50. The van der Waals surface area contributed by atoms with Gasteiger partial charge in [-0.15, -0.1) is 0 Å². The Labute approximate surface area is 151 Å². The van der Waals surface area contributed by atoms with Crippen LogP contribution in [0.3, 0.4) is 0 Å². The van der Waals surface area contributed by atoms with Crippen molar-refractivity contribution in [3.63, 3.8) is 0 Å². The SMILES string of the molecule is CCCNC(=O)N1CCN(S(=O)(=O)c2ccc(CC(C)C)cc2)CC1. The van der Waals surface area contributed by atoms with E-state index in [9.17, 15) is 13.2 Å². The lowest BCUT2D eigenvalue weighted by Gasteiger charge is -2.34. The van der Waals surface area contributed by atoms with Crippen molar-refractivity contribution in [3.8, 4) is 0 Å². The summed E-state index contributed by atoms with van der Waals surface area (Å²) in [7, 11) is -3.50. The van der Waals surface area contributed by atoms with Crippen LogP contribution in [0.15, 0.2) is 29.2 Å². The Morgan fingerprint density at radius 3 is 2.24 bits per heavy atom. The topological polar surface area (TPSA) is 69.7 Å². The van der Waals surface area contributed by atoms with Crippen molar-refractivity contribution in [2.45, 2.75) is 38.5 Å². The van der Waals surface area contributed by atoms with Crippen LogP contribution in [-0.2, 0) is 16.4 Å². The summed E-state index contributed by atoms with van der Waals surface area (Å²) in [4.78, 5) is 14.0. The van der Waals surface area contributed by atoms with Crippen molar-refractivity contribution < 1.29 is 13.2 Å². The van der Waals surface area contributed by atoms with Gasteiger partial charge in [-0.25, -0.2) is 13.2 Å². The summed E-state index contributed by atoms with van der Waals surface area (Å²) in [5.74, 6) is 0.536. The van der Waals surface area contributed by atoms with Crippen molar-refractivity contribution in [1.82, 2.24) is 14.5 Å². The largest absolute Gasteiger partial charge is 0.338 e. The Bertz CT molecular complexity index is 663. The molecule has 0 radical (unpaired) electrons. The van der Waals surface area contributed by atoms with Gasteiger partial charge in [0.2, 0.25) is 10.0 Å². The number of sulfonamides is 1. The molecule has 0 unspecified atom stereocenters. The molecule has 0 spiro atoms. The number of rotatable bonds is 6. The first kappa shape index (κ1) is 19.7. The third-order valence-electron chi connectivity index (χ3n) is 4.26. The van der Waals surface area contributed by atoms with E-state index < -0.39 is 10.0 Å². The summed E-state index contributed by atoms with van der Waals surface area (Å²) in [6, 6.07) is 7.04. The summed E-state index contributed by atoms with van der Waals surface area (Å²) < 4.78 is 27.0. The number of carbonyl (C=O) groups is 1. The molecule has 6 nitrogen and oxygen atoms in total. The summed E-state index contributed by atoms with van der Waals surface area (Å²) in [6.07, 6.45) is 1.82. The number of nitrogens with zero attached hydrogens (tertiary/aromatic N) is 2. The highest BCUT2D eigenvalue weighted by Gasteiger charge is 2.29. The fourth-order valence-electron chi connectivity index (χ4n) is 2.89. The maximum atomic E-state index is 12.8. The lowest BCUT2D eigenvalue weighted by atomic mass is 10.0. The minimum Gasteiger partial charge on any atom is -0.338 e. The van der Waals surface area contributed by atoms with Crippen LogP contribution in [0.2, 0.25) is 0 Å². The van der Waals surface area contributed by atoms with Crippen LogP contribution in [0.1, 0.15) is 32.8 Å². The smallest absolute Gasteiger partial charge is 0.317 e. The highest BCUT2D eigenvalue weighted by atomic mass is 32.2. The lowest BCUT2D eigenvalue weighted by Crippen LogP contribution is -2.53. The van der Waals surface area contributed by atoms with Gasteiger partial charge in [-0.2, -0.15) is 4.31 Å². The Balaban J connectivity index is 1.98. The molecule has 1 aromatic carbocycles. The Morgan fingerprint density at radius 2 is 1.72 bits per heavy atom. The van der Waals surface area contributed by atoms with E-state index in [0.29, 0.717) is 43.5 Å². The molecular formula is C18H29N3O3S. The number of benzene rings is 1. The molecule has 140 valence electrons. The van der Waals surface area contributed by atoms with Gasteiger partial charge >= 0.3 is 6.03 Å². The van der Waals surface area contributed by atoms with E-state index in [1.165, 1.54) is 4.31 Å². The first-order chi connectivity index (χ1) is 11.8. The fraction of sp³-hybridized carbons (Fsp3) is 0.611. The van der Waals surface area contributed by atoms with Gasteiger partial charge in [-0.1, -0.05) is 32.9 Å². The van der Waals surface area contributed by atoms with E-state index in [1.54, 1.807) is 17.0 Å². The van der Waals surface area contributed by atoms with Crippen LogP contribution < -0.4 is 5.32 Å². The molecule has 2 rings (SSSR count). The molecule has 1 aliphatic rings. The second-order valence-electron chi connectivity index (χ2n) is 6.86. The molecule has 0 bridgehead atoms. The van der Waals surface area contributed by atoms with E-state index in [2.05, 4.69) is 19.2 Å². The highest BCUT2D eigenvalue weighted by molar-refractivity contribution is 7.89. The quantitative estimate of drug-likeness (QED) is 0.839. The maximum Gasteiger partial charge on any atom is 0.317 e. The van der Waals surface area contributed by atoms with Crippen LogP contribution in [0.5, 0.6) is 0 Å². The van der Waals surface area contributed by atoms with Gasteiger partial charge in [0.05, 0.1) is 4.90 Å². The highest BCUT2D eigenvalue weighted by Crippen LogP contribution is 2.19. The number of hydrogen-bond acceptors (Lipinski definition) is 3. The van der Waals surface area contributed by atoms with E-state index in [0.717, 1.165) is 18.4 Å². The summed E-state index contributed by atoms with van der Waals surface area (Å²) in [6.45, 7) is 8.41. The molecule has 25 heavy (non-hydrogen) atoms. The molecule has 1 saturated heterocycles. The molecule has 1 aromatic rings. The van der Waals surface area contributed by atoms with Crippen molar-refractivity contribution in [1.29, 1.82) is 0 Å². The summed E-state index contributed by atoms with van der Waals surface area (Å²) in [5, 5.41) is 2.83. The molecule has 0 aromatic heterocycles. The molecule has 0 aliphatic carbocycles. The van der Waals surface area contributed by atoms with Crippen molar-refractivity contribution in [3.05, 3.63) is 29.8 Å². The maximum absolute atomic E-state index is 12.8. The van der Waals surface area contributed by atoms with Gasteiger partial charge in [0, 0.05) is 32.7 Å². The van der Waals surface area contributed by atoms with Gasteiger partial charge in [0.25, 0.3) is 0 Å². The van der Waals surface area contributed by atoms with Gasteiger partial charge in [-0.05, 0) is 36.5 Å². The van der Waals surface area contributed by atoms with Crippen LogP contribution in [-0.4, -0.2) is 56.4 Å². The first-order valence-corrected chi connectivity index (χ1v) is 10.4. The normalized spacial score (nSPS) is 16.2. The molecule has 7 heteroatoms. The number of piperazine rings is 1. The average molecular weight is 368 g/mol. The molecule has 1 heterocycles. The standard InChI is InChI=1S/C18H29N3O3S/c1-4-9-19-18(22)20-10-12-21(13-11-20)25(23,24)17-7-5-16(6-8-17)14-15(2)3/h5-8,15H,4,9-14H2,1-3H3,(H,19,22). The Kier molecular flexibility index (Phi) is 6.84. The van der Waals surface area contributed by atoms with Crippen molar-refractivity contribution in [2.75, 3.05) is 32.7 Å². The summed E-state index contributed by atoms with van der Waals surface area (Å²) in [5.41, 5.74) is 1.14. The number of hydrogen-bond donors (Lipinski definition) is 1. The fourth-order valence-corrected chi connectivity index (χ4v) is 4.32. The molecule has 0 saturated carbocycles. The van der Waals surface area contributed by atoms with Crippen molar-refractivity contribution >= 4 is 16.1 Å². The Morgan fingerprint density at radius 1 is 1.12 bits per heavy atom. The predicted molar refractivity (Wildman–Crippen MR) is 99.0 cm³/mol. The number of urea groups is 1. The van der Waals surface area contributed by atoms with Crippen LogP contribution in [0, 0.1) is 5.92 Å². The number of carbonyl (C=O) groups excluding carboxylic acids is 1. The average Bonchev–Trinajstić information content (AvgIpc) is 2.59. The van der Waals surface area contributed by atoms with Gasteiger partial charge in [0.1, 0.15) is 0 Å². The Hall–Kier alpha value is -1.60. The molecule has 0 atom stereocenters. The predicted octanol–water partition coefficient (Wildman–Crippen LogP) is 2.31. The van der Waals surface area contributed by atoms with Crippen LogP contribution in [0.25, 0.3) is 0 Å². The molecule has 1 N–H and O–H groups in total. The van der Waals surface area contributed by atoms with Crippen LogP contribution >= 0.6 is 0 Å². The molecule has 2 amide bonds. The zero-order valence-electron chi connectivity index (χ0n) is 15.4. The van der Waals surface area contributed by atoms with E-state index >= 15 is 0 Å². The summed E-state index contributed by atoms with van der Waals surface area (Å²) >= 11 is 0. The second-order valence-corrected chi connectivity index (χ2v) is 8.80. The van der Waals surface area contributed by atoms with E-state index in [-0.39, 0.29) is 6.03 Å². The third kappa shape index (κ3) is 5.19. The van der Waals surface area contributed by atoms with Crippen molar-refractivity contribution in [2.24, 2.45) is 5.92 Å². The zero-order chi connectivity index (χ0) is 18.4. The van der Waals surface area contributed by atoms with Gasteiger partial charge < -0.3 is 10.2 Å². The molecule has 1 fully saturated rings. The van der Waals surface area contributed by atoms with E-state index in [1.807, 2.05) is 19.1 Å². The van der Waals surface area contributed by atoms with Gasteiger partial charge in [-0.3, -0.25) is 0 Å². The third-order valence-corrected chi connectivity index (χ3v) is 6.17. The molecule has 1 aliphatic heterocycles.